The molecule has 2 rings (SSSR count). The molecule has 0 amide bonds. The third-order valence-electron chi connectivity index (χ3n) is 2.29. The highest BCUT2D eigenvalue weighted by Gasteiger charge is 2.18. The first kappa shape index (κ1) is 12.4. The summed E-state index contributed by atoms with van der Waals surface area (Å²) in [5.41, 5.74) is 0.487. The molecule has 2 aromatic rings. The Labute approximate surface area is 102 Å². The summed E-state index contributed by atoms with van der Waals surface area (Å²) in [5, 5.41) is 10.1. The lowest BCUT2D eigenvalue weighted by Gasteiger charge is -2.14. The van der Waals surface area contributed by atoms with E-state index in [0.717, 1.165) is 0 Å². The topological polar surface area (TPSA) is 55.2 Å². The zero-order chi connectivity index (χ0) is 13.0. The summed E-state index contributed by atoms with van der Waals surface area (Å²) >= 11 is 0. The zero-order valence-corrected chi connectivity index (χ0v) is 9.20. The number of rotatable bonds is 4. The van der Waals surface area contributed by atoms with Crippen molar-refractivity contribution in [1.82, 2.24) is 9.97 Å². The molecule has 6 heteroatoms. The molecule has 0 radical (unpaired) electrons. The van der Waals surface area contributed by atoms with Gasteiger partial charge >= 0.3 is 6.61 Å². The molecule has 0 aliphatic carbocycles. The molecule has 1 unspecified atom stereocenters. The minimum absolute atomic E-state index is 0.0781. The van der Waals surface area contributed by atoms with Crippen molar-refractivity contribution < 1.29 is 18.6 Å². The Morgan fingerprint density at radius 2 is 1.94 bits per heavy atom. The average molecular weight is 252 g/mol. The van der Waals surface area contributed by atoms with Crippen LogP contribution < -0.4 is 4.74 Å². The number of alkyl halides is 2. The molecule has 1 aromatic heterocycles. The van der Waals surface area contributed by atoms with E-state index >= 15 is 0 Å². The van der Waals surface area contributed by atoms with E-state index in [2.05, 4.69) is 14.7 Å². The lowest BCUT2D eigenvalue weighted by Crippen LogP contribution is -2.08. The van der Waals surface area contributed by atoms with Gasteiger partial charge in [-0.1, -0.05) is 18.2 Å². The van der Waals surface area contributed by atoms with Gasteiger partial charge < -0.3 is 9.84 Å². The van der Waals surface area contributed by atoms with Gasteiger partial charge in [0, 0.05) is 18.0 Å². The maximum absolute atomic E-state index is 12.2. The highest BCUT2D eigenvalue weighted by Crippen LogP contribution is 2.29. The predicted octanol–water partition coefficient (Wildman–Crippen LogP) is 2.16. The van der Waals surface area contributed by atoms with Crippen LogP contribution in [-0.4, -0.2) is 21.7 Å². The third kappa shape index (κ3) is 2.78. The second kappa shape index (κ2) is 5.50. The molecule has 1 aromatic carbocycles. The highest BCUT2D eigenvalue weighted by molar-refractivity contribution is 5.38. The van der Waals surface area contributed by atoms with E-state index in [4.69, 9.17) is 0 Å². The Balaban J connectivity index is 2.33. The van der Waals surface area contributed by atoms with Crippen molar-refractivity contribution in [3.8, 4) is 5.75 Å². The quantitative estimate of drug-likeness (QED) is 0.905. The fourth-order valence-electron chi connectivity index (χ4n) is 1.52. The molecule has 1 N–H and O–H groups in total. The zero-order valence-electron chi connectivity index (χ0n) is 9.20. The third-order valence-corrected chi connectivity index (χ3v) is 2.29. The SMILES string of the molecule is OC(c1cnccn1)c1ccccc1OC(F)F. The normalized spacial score (nSPS) is 12.4. The first-order valence-electron chi connectivity index (χ1n) is 5.16. The predicted molar refractivity (Wildman–Crippen MR) is 59.2 cm³/mol. The molecule has 4 nitrogen and oxygen atoms in total. The van der Waals surface area contributed by atoms with Crippen molar-refractivity contribution in [3.63, 3.8) is 0 Å². The van der Waals surface area contributed by atoms with E-state index in [9.17, 15) is 13.9 Å². The summed E-state index contributed by atoms with van der Waals surface area (Å²) < 4.78 is 28.8. The number of aliphatic hydroxyl groups excluding tert-OH is 1. The molecule has 0 aliphatic heterocycles. The Morgan fingerprint density at radius 3 is 2.61 bits per heavy atom. The van der Waals surface area contributed by atoms with Crippen molar-refractivity contribution in [3.05, 3.63) is 54.1 Å². The first-order chi connectivity index (χ1) is 8.68. The fourth-order valence-corrected chi connectivity index (χ4v) is 1.52. The van der Waals surface area contributed by atoms with Crippen LogP contribution in [0.4, 0.5) is 8.78 Å². The number of hydrogen-bond donors (Lipinski definition) is 1. The van der Waals surface area contributed by atoms with Gasteiger partial charge in [0.2, 0.25) is 0 Å². The number of aromatic nitrogens is 2. The molecule has 94 valence electrons. The Bertz CT molecular complexity index is 508. The monoisotopic (exact) mass is 252 g/mol. The lowest BCUT2D eigenvalue weighted by atomic mass is 10.1. The summed E-state index contributed by atoms with van der Waals surface area (Å²) in [7, 11) is 0. The van der Waals surface area contributed by atoms with Gasteiger partial charge in [0.05, 0.1) is 11.9 Å². The van der Waals surface area contributed by atoms with Crippen LogP contribution in [0.3, 0.4) is 0 Å². The Morgan fingerprint density at radius 1 is 1.17 bits per heavy atom. The van der Waals surface area contributed by atoms with E-state index in [1.54, 1.807) is 12.1 Å². The number of halogens is 2. The van der Waals surface area contributed by atoms with Crippen LogP contribution in [0, 0.1) is 0 Å². The van der Waals surface area contributed by atoms with Gasteiger partial charge in [-0.2, -0.15) is 8.78 Å². The summed E-state index contributed by atoms with van der Waals surface area (Å²) in [6, 6.07) is 6.02. The Kier molecular flexibility index (Phi) is 3.78. The molecular formula is C12H10F2N2O2. The van der Waals surface area contributed by atoms with Crippen LogP contribution in [0.2, 0.25) is 0 Å². The van der Waals surface area contributed by atoms with Gasteiger partial charge in [0.1, 0.15) is 11.9 Å². The van der Waals surface area contributed by atoms with E-state index in [1.807, 2.05) is 0 Å². The minimum Gasteiger partial charge on any atom is -0.434 e. The molecule has 0 spiro atoms. The molecule has 0 bridgehead atoms. The van der Waals surface area contributed by atoms with E-state index in [-0.39, 0.29) is 17.0 Å². The summed E-state index contributed by atoms with van der Waals surface area (Å²) in [6.45, 7) is -2.94. The minimum atomic E-state index is -2.94. The summed E-state index contributed by atoms with van der Waals surface area (Å²) in [6.07, 6.45) is 3.07. The smallest absolute Gasteiger partial charge is 0.387 e. The van der Waals surface area contributed by atoms with Gasteiger partial charge in [0.25, 0.3) is 0 Å². The standard InChI is InChI=1S/C12H10F2N2O2/c13-12(14)18-10-4-2-1-3-8(10)11(17)9-7-15-5-6-16-9/h1-7,11-12,17H. The second-order valence-electron chi connectivity index (χ2n) is 3.45. The lowest BCUT2D eigenvalue weighted by molar-refractivity contribution is -0.0513. The molecule has 0 saturated heterocycles. The van der Waals surface area contributed by atoms with E-state index in [0.29, 0.717) is 0 Å². The molecule has 1 heterocycles. The van der Waals surface area contributed by atoms with Crippen LogP contribution >= 0.6 is 0 Å². The van der Waals surface area contributed by atoms with Gasteiger partial charge in [-0.3, -0.25) is 9.97 Å². The van der Waals surface area contributed by atoms with Gasteiger partial charge in [-0.15, -0.1) is 0 Å². The fraction of sp³-hybridized carbons (Fsp3) is 0.167. The molecule has 18 heavy (non-hydrogen) atoms. The van der Waals surface area contributed by atoms with E-state index in [1.165, 1.54) is 30.7 Å². The number of nitrogens with zero attached hydrogens (tertiary/aromatic N) is 2. The molecule has 0 saturated carbocycles. The maximum atomic E-state index is 12.2. The second-order valence-corrected chi connectivity index (χ2v) is 3.45. The largest absolute Gasteiger partial charge is 0.434 e. The van der Waals surface area contributed by atoms with Crippen molar-refractivity contribution in [2.24, 2.45) is 0 Å². The van der Waals surface area contributed by atoms with Crippen LogP contribution in [0.1, 0.15) is 17.4 Å². The number of para-hydroxylation sites is 1. The highest BCUT2D eigenvalue weighted by atomic mass is 19.3. The van der Waals surface area contributed by atoms with Crippen molar-refractivity contribution in [2.75, 3.05) is 0 Å². The van der Waals surface area contributed by atoms with Crippen LogP contribution in [0.5, 0.6) is 5.75 Å². The average Bonchev–Trinajstić information content (AvgIpc) is 2.39. The molecule has 0 fully saturated rings. The van der Waals surface area contributed by atoms with Gasteiger partial charge in [-0.25, -0.2) is 0 Å². The van der Waals surface area contributed by atoms with Crippen LogP contribution in [-0.2, 0) is 0 Å². The first-order valence-corrected chi connectivity index (χ1v) is 5.16. The number of ether oxygens (including phenoxy) is 1. The van der Waals surface area contributed by atoms with Crippen molar-refractivity contribution >= 4 is 0 Å². The Hall–Kier alpha value is -2.08. The maximum Gasteiger partial charge on any atom is 0.387 e. The summed E-state index contributed by atoms with van der Waals surface area (Å²) in [5.74, 6) is -0.0781. The molecule has 1 atom stereocenters. The van der Waals surface area contributed by atoms with Crippen molar-refractivity contribution in [1.29, 1.82) is 0 Å². The number of aliphatic hydroxyl groups is 1. The molecule has 0 aliphatic rings. The van der Waals surface area contributed by atoms with Crippen LogP contribution in [0.15, 0.2) is 42.9 Å². The number of hydrogen-bond acceptors (Lipinski definition) is 4. The van der Waals surface area contributed by atoms with E-state index < -0.39 is 12.7 Å². The van der Waals surface area contributed by atoms with Crippen LogP contribution in [0.25, 0.3) is 0 Å². The number of benzene rings is 1. The van der Waals surface area contributed by atoms with Gasteiger partial charge in [-0.05, 0) is 6.07 Å². The van der Waals surface area contributed by atoms with Crippen molar-refractivity contribution in [2.45, 2.75) is 12.7 Å². The summed E-state index contributed by atoms with van der Waals surface area (Å²) in [4.78, 5) is 7.73. The molecular weight excluding hydrogens is 242 g/mol. The van der Waals surface area contributed by atoms with Gasteiger partial charge in [0.15, 0.2) is 0 Å².